The van der Waals surface area contributed by atoms with Crippen molar-refractivity contribution in [1.29, 1.82) is 0 Å². The van der Waals surface area contributed by atoms with Gasteiger partial charge in [-0.25, -0.2) is 9.97 Å². The summed E-state index contributed by atoms with van der Waals surface area (Å²) in [7, 11) is 0. The maximum atomic E-state index is 11.2. The zero-order chi connectivity index (χ0) is 26.1. The van der Waals surface area contributed by atoms with Crippen LogP contribution in [-0.2, 0) is 4.79 Å². The number of aromatic nitrogens is 4. The molecule has 0 fully saturated rings. The number of pyridine rings is 2. The van der Waals surface area contributed by atoms with Crippen LogP contribution in [0, 0.1) is 20.8 Å². The molecule has 37 heavy (non-hydrogen) atoms. The lowest BCUT2D eigenvalue weighted by molar-refractivity contribution is -0.0980. The first-order chi connectivity index (χ1) is 18.0. The highest BCUT2D eigenvalue weighted by Crippen LogP contribution is 2.36. The SMILES string of the molecule is C=O.Cc1ccc2nc(-c3cccc(-c4cccc(-c5cn6cc(C=O)ccc6n5)c4C)c3C)cn2c1. The number of carbonyl (C=O) groups is 2. The molecular formula is C31H26N4O2. The summed E-state index contributed by atoms with van der Waals surface area (Å²) >= 11 is 0. The Hall–Kier alpha value is -4.84. The number of fused-ring (bicyclic) bond motifs is 2. The van der Waals surface area contributed by atoms with Crippen LogP contribution in [0.5, 0.6) is 0 Å². The zero-order valence-electron chi connectivity index (χ0n) is 21.0. The fourth-order valence-electron chi connectivity index (χ4n) is 4.85. The molecule has 4 aromatic heterocycles. The Labute approximate surface area is 214 Å². The smallest absolute Gasteiger partial charge is 0.151 e. The van der Waals surface area contributed by atoms with Crippen LogP contribution in [-0.4, -0.2) is 31.8 Å². The summed E-state index contributed by atoms with van der Waals surface area (Å²) in [6.07, 6.45) is 8.84. The van der Waals surface area contributed by atoms with Crippen molar-refractivity contribution < 1.29 is 9.59 Å². The number of aryl methyl sites for hydroxylation is 1. The van der Waals surface area contributed by atoms with Gasteiger partial charge in [-0.2, -0.15) is 0 Å². The van der Waals surface area contributed by atoms with Gasteiger partial charge in [-0.15, -0.1) is 0 Å². The first kappa shape index (κ1) is 23.9. The van der Waals surface area contributed by atoms with E-state index in [4.69, 9.17) is 14.8 Å². The van der Waals surface area contributed by atoms with Crippen molar-refractivity contribution in [2.24, 2.45) is 0 Å². The third kappa shape index (κ3) is 4.23. The van der Waals surface area contributed by atoms with Crippen LogP contribution in [0.15, 0.2) is 85.5 Å². The highest BCUT2D eigenvalue weighted by atomic mass is 16.1. The molecule has 0 radical (unpaired) electrons. The first-order valence-corrected chi connectivity index (χ1v) is 11.9. The van der Waals surface area contributed by atoms with Crippen molar-refractivity contribution in [2.75, 3.05) is 0 Å². The van der Waals surface area contributed by atoms with Crippen LogP contribution < -0.4 is 0 Å². The molecule has 6 aromatic rings. The summed E-state index contributed by atoms with van der Waals surface area (Å²) in [5.41, 5.74) is 12.4. The number of aldehydes is 1. The van der Waals surface area contributed by atoms with Crippen molar-refractivity contribution in [3.8, 4) is 33.6 Å². The van der Waals surface area contributed by atoms with Crippen LogP contribution in [0.4, 0.5) is 0 Å². The maximum Gasteiger partial charge on any atom is 0.151 e. The van der Waals surface area contributed by atoms with Crippen molar-refractivity contribution in [3.05, 3.63) is 108 Å². The third-order valence-electron chi connectivity index (χ3n) is 6.72. The Morgan fingerprint density at radius 2 is 1.11 bits per heavy atom. The average molecular weight is 487 g/mol. The van der Waals surface area contributed by atoms with Gasteiger partial charge in [-0.1, -0.05) is 42.5 Å². The second-order valence-corrected chi connectivity index (χ2v) is 9.03. The maximum absolute atomic E-state index is 11.2. The zero-order valence-corrected chi connectivity index (χ0v) is 21.0. The van der Waals surface area contributed by atoms with Crippen molar-refractivity contribution >= 4 is 24.4 Å². The molecule has 0 bridgehead atoms. The lowest BCUT2D eigenvalue weighted by Crippen LogP contribution is -1.93. The fraction of sp³-hybridized carbons (Fsp3) is 0.0968. The van der Waals surface area contributed by atoms with E-state index in [9.17, 15) is 4.79 Å². The number of imidazole rings is 2. The summed E-state index contributed by atoms with van der Waals surface area (Å²) < 4.78 is 3.99. The van der Waals surface area contributed by atoms with E-state index in [1.807, 2.05) is 29.6 Å². The van der Waals surface area contributed by atoms with Crippen LogP contribution in [0.2, 0.25) is 0 Å². The van der Waals surface area contributed by atoms with Gasteiger partial charge in [0.1, 0.15) is 18.1 Å². The molecule has 0 amide bonds. The van der Waals surface area contributed by atoms with Crippen molar-refractivity contribution in [1.82, 2.24) is 18.8 Å². The lowest BCUT2D eigenvalue weighted by atomic mass is 9.90. The monoisotopic (exact) mass is 486 g/mol. The van der Waals surface area contributed by atoms with Crippen LogP contribution in [0.1, 0.15) is 27.0 Å². The van der Waals surface area contributed by atoms with Gasteiger partial charge in [-0.05, 0) is 66.8 Å². The van der Waals surface area contributed by atoms with Gasteiger partial charge < -0.3 is 13.6 Å². The lowest BCUT2D eigenvalue weighted by Gasteiger charge is -2.14. The highest BCUT2D eigenvalue weighted by Gasteiger charge is 2.15. The minimum absolute atomic E-state index is 0.626. The van der Waals surface area contributed by atoms with Crippen LogP contribution in [0.3, 0.4) is 0 Å². The molecule has 4 heterocycles. The normalized spacial score (nSPS) is 10.9. The van der Waals surface area contributed by atoms with E-state index in [0.29, 0.717) is 5.56 Å². The Morgan fingerprint density at radius 3 is 1.65 bits per heavy atom. The standard InChI is InChI=1S/C30H24N4O.CH2O/c1-19-10-12-29-31-27(16-33(29)14-19)25-8-4-6-23(20(25)2)24-7-5-9-26(21(24)3)28-17-34-15-22(18-35)11-13-30(34)32-28;1-2/h4-18H,1-3H3;1H2. The Bertz CT molecular complexity index is 1780. The van der Waals surface area contributed by atoms with Crippen LogP contribution in [0.25, 0.3) is 44.9 Å². The number of carbonyl (C=O) groups excluding carboxylic acids is 2. The predicted octanol–water partition coefficient (Wildman–Crippen LogP) is 6.54. The largest absolute Gasteiger partial charge is 0.307 e. The average Bonchev–Trinajstić information content (AvgIpc) is 3.53. The van der Waals surface area contributed by atoms with Gasteiger partial charge >= 0.3 is 0 Å². The number of hydrogen-bond acceptors (Lipinski definition) is 4. The molecule has 0 atom stereocenters. The van der Waals surface area contributed by atoms with E-state index in [2.05, 4.69) is 86.1 Å². The predicted molar refractivity (Wildman–Crippen MR) is 147 cm³/mol. The third-order valence-corrected chi connectivity index (χ3v) is 6.72. The molecular weight excluding hydrogens is 460 g/mol. The summed E-state index contributed by atoms with van der Waals surface area (Å²) in [5.74, 6) is 0. The molecule has 0 aliphatic carbocycles. The van der Waals surface area contributed by atoms with E-state index in [-0.39, 0.29) is 0 Å². The van der Waals surface area contributed by atoms with Crippen molar-refractivity contribution in [3.63, 3.8) is 0 Å². The minimum atomic E-state index is 0.626. The number of rotatable bonds is 4. The number of nitrogens with zero attached hydrogens (tertiary/aromatic N) is 4. The quantitative estimate of drug-likeness (QED) is 0.266. The van der Waals surface area contributed by atoms with E-state index in [0.717, 1.165) is 45.7 Å². The van der Waals surface area contributed by atoms with Gasteiger partial charge in [0.2, 0.25) is 0 Å². The molecule has 0 saturated heterocycles. The van der Waals surface area contributed by atoms with Gasteiger partial charge in [-0.3, -0.25) is 4.79 Å². The molecule has 182 valence electrons. The first-order valence-electron chi connectivity index (χ1n) is 11.9. The second-order valence-electron chi connectivity index (χ2n) is 9.03. The molecule has 0 aliphatic rings. The Kier molecular flexibility index (Phi) is 6.24. The summed E-state index contributed by atoms with van der Waals surface area (Å²) in [5, 5.41) is 0. The number of benzene rings is 2. The van der Waals surface area contributed by atoms with Gasteiger partial charge in [0.05, 0.1) is 11.4 Å². The molecule has 0 saturated carbocycles. The second kappa shape index (κ2) is 9.66. The van der Waals surface area contributed by atoms with E-state index in [1.54, 1.807) is 6.07 Å². The molecule has 6 nitrogen and oxygen atoms in total. The molecule has 6 rings (SSSR count). The molecule has 6 heteroatoms. The fourth-order valence-corrected chi connectivity index (χ4v) is 4.85. The van der Waals surface area contributed by atoms with E-state index < -0.39 is 0 Å². The minimum Gasteiger partial charge on any atom is -0.307 e. The Balaban J connectivity index is 0.00000137. The summed E-state index contributed by atoms with van der Waals surface area (Å²) in [4.78, 5) is 28.8. The molecule has 0 N–H and O–H groups in total. The molecule has 2 aromatic carbocycles. The van der Waals surface area contributed by atoms with Crippen LogP contribution >= 0.6 is 0 Å². The molecule has 0 aliphatic heterocycles. The van der Waals surface area contributed by atoms with E-state index in [1.165, 1.54) is 22.3 Å². The summed E-state index contributed by atoms with van der Waals surface area (Å²) in [6, 6.07) is 20.6. The summed E-state index contributed by atoms with van der Waals surface area (Å²) in [6.45, 7) is 8.40. The van der Waals surface area contributed by atoms with Gasteiger partial charge in [0.15, 0.2) is 6.29 Å². The van der Waals surface area contributed by atoms with Gasteiger partial charge in [0, 0.05) is 41.5 Å². The Morgan fingerprint density at radius 1 is 0.622 bits per heavy atom. The molecule has 0 spiro atoms. The topological polar surface area (TPSA) is 68.7 Å². The van der Waals surface area contributed by atoms with Crippen molar-refractivity contribution in [2.45, 2.75) is 20.8 Å². The van der Waals surface area contributed by atoms with Gasteiger partial charge in [0.25, 0.3) is 0 Å². The molecule has 0 unspecified atom stereocenters. The number of hydrogen-bond donors (Lipinski definition) is 0. The van der Waals surface area contributed by atoms with E-state index >= 15 is 0 Å². The highest BCUT2D eigenvalue weighted by molar-refractivity contribution is 5.83.